The number of rotatable bonds is 4. The van der Waals surface area contributed by atoms with Crippen molar-refractivity contribution in [2.24, 2.45) is 5.92 Å². The molecule has 1 unspecified atom stereocenters. The number of carbonyl (C=O) groups excluding carboxylic acids is 2. The summed E-state index contributed by atoms with van der Waals surface area (Å²) >= 11 is 0. The van der Waals surface area contributed by atoms with Crippen molar-refractivity contribution in [1.29, 1.82) is 0 Å². The number of hydrogen-bond acceptors (Lipinski definition) is 3. The van der Waals surface area contributed by atoms with E-state index in [1.807, 2.05) is 30.3 Å². The Hall–Kier alpha value is -2.36. The highest BCUT2D eigenvalue weighted by Crippen LogP contribution is 2.29. The van der Waals surface area contributed by atoms with Crippen LogP contribution in [0, 0.1) is 5.92 Å². The molecule has 2 rings (SSSR count). The van der Waals surface area contributed by atoms with Gasteiger partial charge in [-0.15, -0.1) is 6.58 Å². The third-order valence-electron chi connectivity index (χ3n) is 3.48. The Bertz CT molecular complexity index is 589. The molecule has 1 saturated heterocycles. The van der Waals surface area contributed by atoms with Crippen LogP contribution in [-0.4, -0.2) is 23.3 Å². The molecule has 1 fully saturated rings. The van der Waals surface area contributed by atoms with Crippen LogP contribution < -0.4 is 0 Å². The van der Waals surface area contributed by atoms with E-state index in [0.717, 1.165) is 5.56 Å². The van der Waals surface area contributed by atoms with E-state index in [0.29, 0.717) is 24.4 Å². The van der Waals surface area contributed by atoms with Crippen LogP contribution >= 0.6 is 0 Å². The first-order chi connectivity index (χ1) is 10.0. The molecule has 1 aliphatic heterocycles. The molecule has 21 heavy (non-hydrogen) atoms. The third-order valence-corrected chi connectivity index (χ3v) is 3.48. The van der Waals surface area contributed by atoms with Gasteiger partial charge in [0.2, 0.25) is 0 Å². The van der Waals surface area contributed by atoms with Crippen LogP contribution in [0.25, 0.3) is 0 Å². The molecule has 0 spiro atoms. The second-order valence-corrected chi connectivity index (χ2v) is 5.08. The molecule has 1 aromatic rings. The summed E-state index contributed by atoms with van der Waals surface area (Å²) in [4.78, 5) is 25.4. The van der Waals surface area contributed by atoms with Crippen molar-refractivity contribution in [2.45, 2.75) is 20.4 Å². The van der Waals surface area contributed by atoms with Gasteiger partial charge in [-0.05, 0) is 12.5 Å². The van der Waals surface area contributed by atoms with E-state index in [1.165, 1.54) is 6.92 Å². The third kappa shape index (κ3) is 3.40. The Morgan fingerprint density at radius 2 is 2.05 bits per heavy atom. The standard InChI is InChI=1S/C17H19NO3/c1-4-15-11-18(10-14-8-6-5-7-9-14)17(20)16(15)12(2)21-13(3)19/h4-9,15H,1,10-11H2,2-3H3/b16-12-. The number of nitrogens with zero attached hydrogens (tertiary/aromatic N) is 1. The molecule has 0 saturated carbocycles. The molecule has 0 N–H and O–H groups in total. The number of hydrogen-bond donors (Lipinski definition) is 0. The summed E-state index contributed by atoms with van der Waals surface area (Å²) in [7, 11) is 0. The summed E-state index contributed by atoms with van der Waals surface area (Å²) < 4.78 is 5.08. The van der Waals surface area contributed by atoms with E-state index < -0.39 is 5.97 Å². The van der Waals surface area contributed by atoms with Crippen LogP contribution in [0.3, 0.4) is 0 Å². The lowest BCUT2D eigenvalue weighted by Crippen LogP contribution is -2.25. The molecule has 0 aromatic heterocycles. The molecule has 1 aromatic carbocycles. The summed E-state index contributed by atoms with van der Waals surface area (Å²) in [6.45, 7) is 7.86. The first-order valence-electron chi connectivity index (χ1n) is 6.88. The van der Waals surface area contributed by atoms with Gasteiger partial charge in [0.25, 0.3) is 5.91 Å². The van der Waals surface area contributed by atoms with Gasteiger partial charge in [0, 0.05) is 25.9 Å². The molecule has 1 atom stereocenters. The Labute approximate surface area is 124 Å². The number of ether oxygens (including phenoxy) is 1. The summed E-state index contributed by atoms with van der Waals surface area (Å²) in [5.41, 5.74) is 1.59. The average molecular weight is 285 g/mol. The van der Waals surface area contributed by atoms with Crippen molar-refractivity contribution >= 4 is 11.9 Å². The van der Waals surface area contributed by atoms with E-state index in [4.69, 9.17) is 4.74 Å². The van der Waals surface area contributed by atoms with E-state index >= 15 is 0 Å². The largest absolute Gasteiger partial charge is 0.431 e. The Balaban J connectivity index is 2.23. The SMILES string of the molecule is C=CC1CN(Cc2ccccc2)C(=O)/C1=C(/C)OC(C)=O. The van der Waals surface area contributed by atoms with Gasteiger partial charge >= 0.3 is 5.97 Å². The molecule has 4 heteroatoms. The number of likely N-dealkylation sites (tertiary alicyclic amines) is 1. The molecule has 1 heterocycles. The fourth-order valence-corrected chi connectivity index (χ4v) is 2.56. The highest BCUT2D eigenvalue weighted by atomic mass is 16.5. The highest BCUT2D eigenvalue weighted by Gasteiger charge is 2.35. The van der Waals surface area contributed by atoms with Gasteiger partial charge in [-0.3, -0.25) is 9.59 Å². The number of amides is 1. The van der Waals surface area contributed by atoms with Gasteiger partial charge in [-0.2, -0.15) is 0 Å². The van der Waals surface area contributed by atoms with Gasteiger partial charge < -0.3 is 9.64 Å². The fourth-order valence-electron chi connectivity index (χ4n) is 2.56. The number of carbonyl (C=O) groups is 2. The van der Waals surface area contributed by atoms with Gasteiger partial charge in [-0.25, -0.2) is 0 Å². The van der Waals surface area contributed by atoms with E-state index in [2.05, 4.69) is 6.58 Å². The molecule has 110 valence electrons. The van der Waals surface area contributed by atoms with Crippen LogP contribution in [0.15, 0.2) is 54.3 Å². The predicted octanol–water partition coefficient (Wildman–Crippen LogP) is 2.67. The number of benzene rings is 1. The minimum absolute atomic E-state index is 0.0949. The number of esters is 1. The van der Waals surface area contributed by atoms with Crippen molar-refractivity contribution in [2.75, 3.05) is 6.54 Å². The van der Waals surface area contributed by atoms with Crippen molar-refractivity contribution in [1.82, 2.24) is 4.90 Å². The monoisotopic (exact) mass is 285 g/mol. The molecule has 0 radical (unpaired) electrons. The number of allylic oxidation sites excluding steroid dienone is 1. The maximum absolute atomic E-state index is 12.5. The second kappa shape index (κ2) is 6.39. The van der Waals surface area contributed by atoms with Gasteiger partial charge in [0.15, 0.2) is 0 Å². The smallest absolute Gasteiger partial charge is 0.307 e. The van der Waals surface area contributed by atoms with E-state index in [-0.39, 0.29) is 11.8 Å². The lowest BCUT2D eigenvalue weighted by molar-refractivity contribution is -0.136. The Kier molecular flexibility index (Phi) is 4.58. The molecule has 0 bridgehead atoms. The summed E-state index contributed by atoms with van der Waals surface area (Å²) in [6, 6.07) is 9.80. The fraction of sp³-hybridized carbons (Fsp3) is 0.294. The minimum Gasteiger partial charge on any atom is -0.431 e. The molecular weight excluding hydrogens is 266 g/mol. The zero-order valence-electron chi connectivity index (χ0n) is 12.3. The maximum atomic E-state index is 12.5. The maximum Gasteiger partial charge on any atom is 0.307 e. The topological polar surface area (TPSA) is 46.6 Å². The van der Waals surface area contributed by atoms with Crippen molar-refractivity contribution in [3.8, 4) is 0 Å². The van der Waals surface area contributed by atoms with Gasteiger partial charge in [-0.1, -0.05) is 36.4 Å². The molecule has 1 amide bonds. The zero-order chi connectivity index (χ0) is 15.4. The van der Waals surface area contributed by atoms with Crippen molar-refractivity contribution in [3.05, 3.63) is 59.9 Å². The quantitative estimate of drug-likeness (QED) is 0.370. The van der Waals surface area contributed by atoms with Crippen LogP contribution in [-0.2, 0) is 20.9 Å². The predicted molar refractivity (Wildman–Crippen MR) is 80.0 cm³/mol. The molecular formula is C17H19NO3. The molecule has 1 aliphatic rings. The summed E-state index contributed by atoms with van der Waals surface area (Å²) in [5.74, 6) is -0.256. The van der Waals surface area contributed by atoms with Gasteiger partial charge in [0.05, 0.1) is 5.57 Å². The van der Waals surface area contributed by atoms with E-state index in [9.17, 15) is 9.59 Å². The van der Waals surface area contributed by atoms with Crippen LogP contribution in [0.5, 0.6) is 0 Å². The van der Waals surface area contributed by atoms with Crippen LogP contribution in [0.4, 0.5) is 0 Å². The molecule has 4 nitrogen and oxygen atoms in total. The lowest BCUT2D eigenvalue weighted by Gasteiger charge is -2.15. The van der Waals surface area contributed by atoms with Crippen molar-refractivity contribution in [3.63, 3.8) is 0 Å². The van der Waals surface area contributed by atoms with Crippen LogP contribution in [0.1, 0.15) is 19.4 Å². The first-order valence-corrected chi connectivity index (χ1v) is 6.88. The lowest BCUT2D eigenvalue weighted by atomic mass is 10.0. The molecule has 0 aliphatic carbocycles. The Morgan fingerprint density at radius 3 is 2.62 bits per heavy atom. The zero-order valence-corrected chi connectivity index (χ0v) is 12.3. The normalized spacial score (nSPS) is 20.4. The minimum atomic E-state index is -0.419. The van der Waals surface area contributed by atoms with E-state index in [1.54, 1.807) is 17.9 Å². The average Bonchev–Trinajstić information content (AvgIpc) is 2.76. The van der Waals surface area contributed by atoms with Gasteiger partial charge in [0.1, 0.15) is 5.76 Å². The second-order valence-electron chi connectivity index (χ2n) is 5.08. The summed E-state index contributed by atoms with van der Waals surface area (Å²) in [5, 5.41) is 0. The first kappa shape index (κ1) is 15.0. The summed E-state index contributed by atoms with van der Waals surface area (Å²) in [6.07, 6.45) is 1.73. The van der Waals surface area contributed by atoms with Crippen LogP contribution in [0.2, 0.25) is 0 Å². The highest BCUT2D eigenvalue weighted by molar-refractivity contribution is 5.97. The van der Waals surface area contributed by atoms with Crippen molar-refractivity contribution < 1.29 is 14.3 Å². The Morgan fingerprint density at radius 1 is 1.38 bits per heavy atom.